The number of nitrogens with zero attached hydrogens (tertiary/aromatic N) is 1. The Morgan fingerprint density at radius 1 is 1.36 bits per heavy atom. The Kier molecular flexibility index (Phi) is 6.15. The summed E-state index contributed by atoms with van der Waals surface area (Å²) < 4.78 is 0.483. The molecule has 2 fully saturated rings. The number of hydrogen-bond donors (Lipinski definition) is 1. The summed E-state index contributed by atoms with van der Waals surface area (Å²) >= 11 is 12.7. The first-order chi connectivity index (χ1) is 12.0. The minimum Gasteiger partial charge on any atom is -0.353 e. The lowest BCUT2D eigenvalue weighted by Gasteiger charge is -2.16. The molecule has 4 nitrogen and oxygen atoms in total. The summed E-state index contributed by atoms with van der Waals surface area (Å²) in [4.78, 5) is 26.7. The largest absolute Gasteiger partial charge is 0.353 e. The van der Waals surface area contributed by atoms with Crippen molar-refractivity contribution in [2.24, 2.45) is 0 Å². The van der Waals surface area contributed by atoms with E-state index in [4.69, 9.17) is 23.8 Å². The first-order valence-corrected chi connectivity index (χ1v) is 9.94. The summed E-state index contributed by atoms with van der Waals surface area (Å²) in [6.07, 6.45) is 6.46. The Labute approximate surface area is 162 Å². The van der Waals surface area contributed by atoms with Crippen molar-refractivity contribution in [2.45, 2.75) is 38.1 Å². The van der Waals surface area contributed by atoms with Crippen molar-refractivity contribution in [3.05, 3.63) is 39.8 Å². The number of carbonyl (C=O) groups is 2. The smallest absolute Gasteiger partial charge is 0.266 e. The van der Waals surface area contributed by atoms with Crippen molar-refractivity contribution in [1.29, 1.82) is 0 Å². The van der Waals surface area contributed by atoms with Crippen LogP contribution in [0.25, 0.3) is 6.08 Å². The Balaban J connectivity index is 1.59. The van der Waals surface area contributed by atoms with E-state index in [-0.39, 0.29) is 18.2 Å². The van der Waals surface area contributed by atoms with Crippen LogP contribution in [0.2, 0.25) is 5.02 Å². The molecule has 132 valence electrons. The predicted octanol–water partition coefficient (Wildman–Crippen LogP) is 3.99. The molecule has 1 aromatic rings. The zero-order chi connectivity index (χ0) is 17.8. The molecule has 2 amide bonds. The maximum absolute atomic E-state index is 12.6. The predicted molar refractivity (Wildman–Crippen MR) is 106 cm³/mol. The molecular formula is C18H19ClN2O2S2. The van der Waals surface area contributed by atoms with Gasteiger partial charge in [0, 0.05) is 24.0 Å². The first kappa shape index (κ1) is 18.4. The Morgan fingerprint density at radius 2 is 2.08 bits per heavy atom. The maximum Gasteiger partial charge on any atom is 0.266 e. The highest BCUT2D eigenvalue weighted by Gasteiger charge is 2.32. The molecule has 0 spiro atoms. The van der Waals surface area contributed by atoms with Gasteiger partial charge >= 0.3 is 0 Å². The third-order valence-corrected chi connectivity index (χ3v) is 6.07. The van der Waals surface area contributed by atoms with Crippen LogP contribution in [0.1, 0.15) is 37.7 Å². The van der Waals surface area contributed by atoms with E-state index in [0.717, 1.165) is 18.4 Å². The van der Waals surface area contributed by atoms with Gasteiger partial charge in [0.05, 0.1) is 4.91 Å². The van der Waals surface area contributed by atoms with E-state index in [1.54, 1.807) is 12.1 Å². The molecule has 1 saturated carbocycles. The van der Waals surface area contributed by atoms with Crippen LogP contribution in [0.5, 0.6) is 0 Å². The Hall–Kier alpha value is -1.37. The van der Waals surface area contributed by atoms with Gasteiger partial charge in [-0.3, -0.25) is 14.5 Å². The van der Waals surface area contributed by atoms with Crippen molar-refractivity contribution in [1.82, 2.24) is 10.2 Å². The highest BCUT2D eigenvalue weighted by Crippen LogP contribution is 2.33. The molecule has 1 saturated heterocycles. The van der Waals surface area contributed by atoms with Crippen molar-refractivity contribution in [2.75, 3.05) is 6.54 Å². The molecule has 1 aromatic carbocycles. The number of nitrogens with one attached hydrogen (secondary N) is 1. The number of thioether (sulfide) groups is 1. The Morgan fingerprint density at radius 3 is 2.80 bits per heavy atom. The second kappa shape index (κ2) is 8.34. The minimum absolute atomic E-state index is 0.0176. The van der Waals surface area contributed by atoms with Crippen LogP contribution in [0, 0.1) is 0 Å². The van der Waals surface area contributed by atoms with Gasteiger partial charge in [-0.05, 0) is 30.5 Å². The van der Waals surface area contributed by atoms with Crippen molar-refractivity contribution in [3.8, 4) is 0 Å². The summed E-state index contributed by atoms with van der Waals surface area (Å²) in [5.41, 5.74) is 0.781. The number of thiocarbonyl (C=S) groups is 1. The van der Waals surface area contributed by atoms with Gasteiger partial charge in [-0.2, -0.15) is 0 Å². The fourth-order valence-electron chi connectivity index (χ4n) is 3.01. The zero-order valence-corrected chi connectivity index (χ0v) is 16.1. The SMILES string of the molecule is O=C(CCN1C(=O)/C(=C/c2ccccc2Cl)SC1=S)NC1CCCC1. The van der Waals surface area contributed by atoms with E-state index in [1.165, 1.54) is 29.5 Å². The quantitative estimate of drug-likeness (QED) is 0.606. The van der Waals surface area contributed by atoms with E-state index in [0.29, 0.717) is 26.8 Å². The van der Waals surface area contributed by atoms with Crippen LogP contribution in [0.15, 0.2) is 29.2 Å². The molecule has 25 heavy (non-hydrogen) atoms. The Bertz CT molecular complexity index is 730. The van der Waals surface area contributed by atoms with Gasteiger partial charge in [0.1, 0.15) is 4.32 Å². The van der Waals surface area contributed by atoms with Gasteiger partial charge < -0.3 is 5.32 Å². The fourth-order valence-corrected chi connectivity index (χ4v) is 4.50. The molecule has 1 aliphatic carbocycles. The van der Waals surface area contributed by atoms with E-state index in [2.05, 4.69) is 5.32 Å². The van der Waals surface area contributed by atoms with Gasteiger partial charge in [0.25, 0.3) is 5.91 Å². The molecule has 0 bridgehead atoms. The summed E-state index contributed by atoms with van der Waals surface area (Å²) in [6.45, 7) is 0.309. The highest BCUT2D eigenvalue weighted by atomic mass is 35.5. The van der Waals surface area contributed by atoms with Crippen LogP contribution >= 0.6 is 35.6 Å². The van der Waals surface area contributed by atoms with Gasteiger partial charge in [0.15, 0.2) is 0 Å². The fraction of sp³-hybridized carbons (Fsp3) is 0.389. The van der Waals surface area contributed by atoms with Crippen LogP contribution < -0.4 is 5.32 Å². The maximum atomic E-state index is 12.6. The highest BCUT2D eigenvalue weighted by molar-refractivity contribution is 8.26. The second-order valence-electron chi connectivity index (χ2n) is 6.15. The molecular weight excluding hydrogens is 376 g/mol. The molecule has 1 heterocycles. The number of hydrogen-bond acceptors (Lipinski definition) is 4. The molecule has 2 aliphatic rings. The van der Waals surface area contributed by atoms with E-state index in [9.17, 15) is 9.59 Å². The van der Waals surface area contributed by atoms with Crippen molar-refractivity contribution < 1.29 is 9.59 Å². The number of benzene rings is 1. The number of halogens is 1. The molecule has 7 heteroatoms. The summed E-state index contributed by atoms with van der Waals surface area (Å²) in [5, 5.41) is 3.62. The first-order valence-electron chi connectivity index (χ1n) is 8.34. The number of amides is 2. The monoisotopic (exact) mass is 394 g/mol. The van der Waals surface area contributed by atoms with Gasteiger partial charge in [0.2, 0.25) is 5.91 Å². The van der Waals surface area contributed by atoms with Crippen LogP contribution in [-0.4, -0.2) is 33.6 Å². The summed E-state index contributed by atoms with van der Waals surface area (Å²) in [7, 11) is 0. The van der Waals surface area contributed by atoms with Gasteiger partial charge in [-0.1, -0.05) is 66.6 Å². The molecule has 0 radical (unpaired) electrons. The summed E-state index contributed by atoms with van der Waals surface area (Å²) in [5.74, 6) is -0.181. The normalized spacial score (nSPS) is 19.9. The molecule has 1 aliphatic heterocycles. The lowest BCUT2D eigenvalue weighted by atomic mass is 10.2. The van der Waals surface area contributed by atoms with Crippen molar-refractivity contribution >= 4 is 57.8 Å². The topological polar surface area (TPSA) is 49.4 Å². The lowest BCUT2D eigenvalue weighted by Crippen LogP contribution is -2.37. The number of rotatable bonds is 5. The van der Waals surface area contributed by atoms with E-state index in [1.807, 2.05) is 18.2 Å². The van der Waals surface area contributed by atoms with Crippen molar-refractivity contribution in [3.63, 3.8) is 0 Å². The zero-order valence-electron chi connectivity index (χ0n) is 13.7. The third kappa shape index (κ3) is 4.63. The van der Waals surface area contributed by atoms with Crippen LogP contribution in [0.3, 0.4) is 0 Å². The molecule has 0 unspecified atom stereocenters. The second-order valence-corrected chi connectivity index (χ2v) is 8.24. The van der Waals surface area contributed by atoms with E-state index < -0.39 is 0 Å². The minimum atomic E-state index is -0.163. The van der Waals surface area contributed by atoms with Crippen LogP contribution in [0.4, 0.5) is 0 Å². The van der Waals surface area contributed by atoms with Gasteiger partial charge in [-0.15, -0.1) is 0 Å². The molecule has 1 N–H and O–H groups in total. The van der Waals surface area contributed by atoms with Gasteiger partial charge in [-0.25, -0.2) is 0 Å². The summed E-state index contributed by atoms with van der Waals surface area (Å²) in [6, 6.07) is 7.63. The third-order valence-electron chi connectivity index (χ3n) is 4.35. The number of carbonyl (C=O) groups excluding carboxylic acids is 2. The average Bonchev–Trinajstić information content (AvgIpc) is 3.17. The molecule has 0 aromatic heterocycles. The van der Waals surface area contributed by atoms with E-state index >= 15 is 0 Å². The average molecular weight is 395 g/mol. The standard InChI is InChI=1S/C18H19ClN2O2S2/c19-14-8-4-1-5-12(14)11-15-17(23)21(18(24)25-15)10-9-16(22)20-13-6-2-3-7-13/h1,4-5,8,11,13H,2-3,6-7,9-10H2,(H,20,22)/b15-11-. The molecule has 3 rings (SSSR count). The molecule has 0 atom stereocenters. The lowest BCUT2D eigenvalue weighted by molar-refractivity contribution is -0.124. The van der Waals surface area contributed by atoms with Crippen LogP contribution in [-0.2, 0) is 9.59 Å².